The van der Waals surface area contributed by atoms with Crippen LogP contribution in [0.25, 0.3) is 0 Å². The van der Waals surface area contributed by atoms with E-state index >= 15 is 0 Å². The van der Waals surface area contributed by atoms with Gasteiger partial charge in [-0.15, -0.1) is 0 Å². The van der Waals surface area contributed by atoms with Gasteiger partial charge in [0.05, 0.1) is 20.3 Å². The quantitative estimate of drug-likeness (QED) is 0.896. The molecule has 0 spiro atoms. The summed E-state index contributed by atoms with van der Waals surface area (Å²) in [5.74, 6) is 0.727. The van der Waals surface area contributed by atoms with Gasteiger partial charge in [-0.2, -0.15) is 0 Å². The average Bonchev–Trinajstić information content (AvgIpc) is 2.71. The van der Waals surface area contributed by atoms with E-state index in [1.165, 1.54) is 0 Å². The third-order valence-corrected chi connectivity index (χ3v) is 4.85. The highest BCUT2D eigenvalue weighted by Crippen LogP contribution is 2.57. The van der Waals surface area contributed by atoms with E-state index in [9.17, 15) is 10.2 Å². The lowest BCUT2D eigenvalue weighted by Gasteiger charge is -2.49. The average molecular weight is 294 g/mol. The highest BCUT2D eigenvalue weighted by Gasteiger charge is 2.63. The van der Waals surface area contributed by atoms with Gasteiger partial charge >= 0.3 is 0 Å². The molecule has 1 heterocycles. The molecule has 2 rings (SSSR count). The molecule has 1 saturated heterocycles. The summed E-state index contributed by atoms with van der Waals surface area (Å²) in [7, 11) is 1.61. The second kappa shape index (κ2) is 5.27. The van der Waals surface area contributed by atoms with Crippen LogP contribution in [0.3, 0.4) is 0 Å². The first-order valence-corrected chi connectivity index (χ1v) is 7.28. The van der Waals surface area contributed by atoms with Crippen molar-refractivity contribution < 1.29 is 19.7 Å². The second-order valence-electron chi connectivity index (χ2n) is 7.16. The number of hydrogen-bond donors (Lipinski definition) is 2. The van der Waals surface area contributed by atoms with Crippen molar-refractivity contribution in [1.82, 2.24) is 0 Å². The normalized spacial score (nSPS) is 28.6. The van der Waals surface area contributed by atoms with Crippen LogP contribution in [0.15, 0.2) is 24.3 Å². The van der Waals surface area contributed by atoms with Crippen molar-refractivity contribution in [3.05, 3.63) is 29.8 Å². The molecule has 0 saturated carbocycles. The van der Waals surface area contributed by atoms with E-state index in [0.717, 1.165) is 11.3 Å². The largest absolute Gasteiger partial charge is 0.497 e. The van der Waals surface area contributed by atoms with Crippen molar-refractivity contribution >= 4 is 0 Å². The van der Waals surface area contributed by atoms with Gasteiger partial charge in [-0.1, -0.05) is 39.8 Å². The van der Waals surface area contributed by atoms with Crippen molar-refractivity contribution in [3.63, 3.8) is 0 Å². The van der Waals surface area contributed by atoms with Crippen LogP contribution in [0.1, 0.15) is 39.4 Å². The molecular weight excluding hydrogens is 268 g/mol. The summed E-state index contributed by atoms with van der Waals surface area (Å²) in [5, 5.41) is 21.3. The van der Waals surface area contributed by atoms with Crippen LogP contribution in [0.4, 0.5) is 0 Å². The molecule has 0 unspecified atom stereocenters. The number of aliphatic hydroxyl groups excluding tert-OH is 1. The summed E-state index contributed by atoms with van der Waals surface area (Å²) >= 11 is 0. The number of hydrogen-bond acceptors (Lipinski definition) is 4. The summed E-state index contributed by atoms with van der Waals surface area (Å²) in [6, 6.07) is 7.55. The lowest BCUT2D eigenvalue weighted by atomic mass is 9.59. The van der Waals surface area contributed by atoms with Crippen LogP contribution >= 0.6 is 0 Å². The predicted molar refractivity (Wildman–Crippen MR) is 81.3 cm³/mol. The number of benzene rings is 1. The third-order valence-electron chi connectivity index (χ3n) is 4.85. The minimum atomic E-state index is -1.18. The molecule has 0 bridgehead atoms. The minimum Gasteiger partial charge on any atom is -0.497 e. The highest BCUT2D eigenvalue weighted by molar-refractivity contribution is 5.33. The Labute approximate surface area is 126 Å². The molecule has 21 heavy (non-hydrogen) atoms. The third kappa shape index (κ3) is 2.35. The van der Waals surface area contributed by atoms with Crippen molar-refractivity contribution in [2.24, 2.45) is 10.8 Å². The fourth-order valence-electron chi connectivity index (χ4n) is 3.41. The van der Waals surface area contributed by atoms with E-state index < -0.39 is 22.5 Å². The smallest absolute Gasteiger partial charge is 0.119 e. The Bertz CT molecular complexity index is 509. The summed E-state index contributed by atoms with van der Waals surface area (Å²) in [6.45, 7) is 8.02. The monoisotopic (exact) mass is 294 g/mol. The number of rotatable bonds is 4. The van der Waals surface area contributed by atoms with Gasteiger partial charge in [-0.3, -0.25) is 0 Å². The van der Waals surface area contributed by atoms with E-state index in [1.807, 2.05) is 52.0 Å². The van der Waals surface area contributed by atoms with Gasteiger partial charge in [0.25, 0.3) is 0 Å². The zero-order valence-corrected chi connectivity index (χ0v) is 13.5. The van der Waals surface area contributed by atoms with Crippen molar-refractivity contribution in [1.29, 1.82) is 0 Å². The van der Waals surface area contributed by atoms with Gasteiger partial charge in [0, 0.05) is 10.8 Å². The van der Waals surface area contributed by atoms with Crippen molar-refractivity contribution in [2.45, 2.75) is 39.4 Å². The maximum atomic E-state index is 11.5. The van der Waals surface area contributed by atoms with E-state index in [0.29, 0.717) is 6.61 Å². The van der Waals surface area contributed by atoms with E-state index in [2.05, 4.69) is 0 Å². The van der Waals surface area contributed by atoms with Crippen molar-refractivity contribution in [3.8, 4) is 5.75 Å². The van der Waals surface area contributed by atoms with Gasteiger partial charge in [0.1, 0.15) is 17.5 Å². The zero-order chi connectivity index (χ0) is 15.9. The maximum Gasteiger partial charge on any atom is 0.119 e. The molecule has 1 fully saturated rings. The van der Waals surface area contributed by atoms with Crippen LogP contribution in [0.2, 0.25) is 0 Å². The van der Waals surface area contributed by atoms with Gasteiger partial charge in [0.15, 0.2) is 0 Å². The SMILES string of the molecule is COc1cccc([C@@H]2OCC(C)(C)[C@@]2(O)C(C)(C)CO)c1. The number of methoxy groups -OCH3 is 1. The van der Waals surface area contributed by atoms with Gasteiger partial charge in [-0.05, 0) is 17.7 Å². The summed E-state index contributed by atoms with van der Waals surface area (Å²) in [4.78, 5) is 0. The molecule has 4 nitrogen and oxygen atoms in total. The predicted octanol–water partition coefficient (Wildman–Crippen LogP) is 2.54. The van der Waals surface area contributed by atoms with Crippen molar-refractivity contribution in [2.75, 3.05) is 20.3 Å². The highest BCUT2D eigenvalue weighted by atomic mass is 16.5. The molecule has 2 N–H and O–H groups in total. The molecule has 1 aliphatic heterocycles. The van der Waals surface area contributed by atoms with E-state index in [4.69, 9.17) is 9.47 Å². The van der Waals surface area contributed by atoms with Crippen LogP contribution in [0.5, 0.6) is 5.75 Å². The number of aliphatic hydroxyl groups is 2. The Balaban J connectivity index is 2.52. The van der Waals surface area contributed by atoms with E-state index in [1.54, 1.807) is 7.11 Å². The molecule has 0 amide bonds. The maximum absolute atomic E-state index is 11.5. The molecular formula is C17H26O4. The standard InChI is InChI=1S/C17H26O4/c1-15(2,10-18)17(19)14(21-11-16(17,3)4)12-7-6-8-13(9-12)20-5/h6-9,14,18-19H,10-11H2,1-5H3/t14-,17-/m0/s1. The molecule has 4 heteroatoms. The molecule has 118 valence electrons. The zero-order valence-electron chi connectivity index (χ0n) is 13.5. The van der Waals surface area contributed by atoms with Crippen LogP contribution in [-0.2, 0) is 4.74 Å². The summed E-state index contributed by atoms with van der Waals surface area (Å²) < 4.78 is 11.2. The Morgan fingerprint density at radius 3 is 2.62 bits per heavy atom. The van der Waals surface area contributed by atoms with Crippen LogP contribution in [-0.4, -0.2) is 36.1 Å². The molecule has 1 aromatic carbocycles. The molecule has 2 atom stereocenters. The molecule has 0 radical (unpaired) electrons. The number of ether oxygens (including phenoxy) is 2. The minimum absolute atomic E-state index is 0.114. The lowest BCUT2D eigenvalue weighted by Crippen LogP contribution is -2.57. The second-order valence-corrected chi connectivity index (χ2v) is 7.16. The van der Waals surface area contributed by atoms with E-state index in [-0.39, 0.29) is 6.61 Å². The van der Waals surface area contributed by atoms with Gasteiger partial charge in [0.2, 0.25) is 0 Å². The first-order chi connectivity index (χ1) is 9.69. The summed E-state index contributed by atoms with van der Waals surface area (Å²) in [6.07, 6.45) is -0.496. The first kappa shape index (κ1) is 16.3. The first-order valence-electron chi connectivity index (χ1n) is 7.28. The fourth-order valence-corrected chi connectivity index (χ4v) is 3.41. The van der Waals surface area contributed by atoms with Crippen LogP contribution < -0.4 is 4.74 Å². The molecule has 0 aliphatic carbocycles. The Morgan fingerprint density at radius 2 is 2.05 bits per heavy atom. The van der Waals surface area contributed by atoms with Crippen LogP contribution in [0, 0.1) is 10.8 Å². The fraction of sp³-hybridized carbons (Fsp3) is 0.647. The molecule has 1 aromatic rings. The topological polar surface area (TPSA) is 58.9 Å². The van der Waals surface area contributed by atoms with Gasteiger partial charge < -0.3 is 19.7 Å². The Hall–Kier alpha value is -1.10. The van der Waals surface area contributed by atoms with Gasteiger partial charge in [-0.25, -0.2) is 0 Å². The summed E-state index contributed by atoms with van der Waals surface area (Å²) in [5.41, 5.74) is -1.47. The Morgan fingerprint density at radius 1 is 1.38 bits per heavy atom. The molecule has 1 aliphatic rings. The Kier molecular flexibility index (Phi) is 4.08. The lowest BCUT2D eigenvalue weighted by molar-refractivity contribution is -0.170. The molecule has 0 aromatic heterocycles.